The molecule has 2 aromatic rings. The minimum atomic E-state index is -3.65. The quantitative estimate of drug-likeness (QED) is 0.469. The van der Waals surface area contributed by atoms with Crippen LogP contribution in [0.15, 0.2) is 52.4 Å². The zero-order valence-electron chi connectivity index (χ0n) is 15.6. The van der Waals surface area contributed by atoms with Gasteiger partial charge in [-0.05, 0) is 48.2 Å². The minimum absolute atomic E-state index is 0.116. The Hall–Kier alpha value is -2.78. The van der Waals surface area contributed by atoms with Gasteiger partial charge in [0.15, 0.2) is 17.5 Å². The van der Waals surface area contributed by atoms with Crippen LogP contribution in [-0.4, -0.2) is 41.3 Å². The normalized spacial score (nSPS) is 13.4. The van der Waals surface area contributed by atoms with Crippen LogP contribution in [0, 0.1) is 0 Å². The molecule has 0 spiro atoms. The molecule has 0 fully saturated rings. The van der Waals surface area contributed by atoms with E-state index < -0.39 is 10.0 Å². The highest BCUT2D eigenvalue weighted by Gasteiger charge is 2.13. The van der Waals surface area contributed by atoms with Crippen LogP contribution in [0.1, 0.15) is 11.1 Å². The molecule has 8 nitrogen and oxygen atoms in total. The number of primary sulfonamides is 1. The van der Waals surface area contributed by atoms with Crippen molar-refractivity contribution in [2.45, 2.75) is 17.7 Å². The van der Waals surface area contributed by atoms with Crippen LogP contribution < -0.4 is 25.2 Å². The maximum absolute atomic E-state index is 11.3. The number of guanidine groups is 1. The Bertz CT molecular complexity index is 943. The SMILES string of the molecule is CN=C(NCCc1ccc(S(N)(=O)=O)cc1)NCCc1ccc2c(c1)OCO2. The average Bonchev–Trinajstić information content (AvgIpc) is 3.14. The Labute approximate surface area is 164 Å². The Morgan fingerprint density at radius 2 is 1.61 bits per heavy atom. The Kier molecular flexibility index (Phi) is 6.37. The van der Waals surface area contributed by atoms with Gasteiger partial charge in [-0.25, -0.2) is 13.6 Å². The van der Waals surface area contributed by atoms with Gasteiger partial charge in [0.05, 0.1) is 4.90 Å². The predicted octanol–water partition coefficient (Wildman–Crippen LogP) is 1.01. The third-order valence-corrected chi connectivity index (χ3v) is 5.25. The highest BCUT2D eigenvalue weighted by molar-refractivity contribution is 7.89. The summed E-state index contributed by atoms with van der Waals surface area (Å²) in [6.07, 6.45) is 1.56. The van der Waals surface area contributed by atoms with Crippen molar-refractivity contribution in [3.05, 3.63) is 53.6 Å². The van der Waals surface area contributed by atoms with Gasteiger partial charge in [0.2, 0.25) is 16.8 Å². The zero-order valence-corrected chi connectivity index (χ0v) is 16.5. The molecule has 1 aliphatic rings. The van der Waals surface area contributed by atoms with Gasteiger partial charge >= 0.3 is 0 Å². The van der Waals surface area contributed by atoms with Gasteiger partial charge in [-0.1, -0.05) is 18.2 Å². The molecule has 0 bridgehead atoms. The van der Waals surface area contributed by atoms with Gasteiger partial charge in [-0.2, -0.15) is 0 Å². The van der Waals surface area contributed by atoms with Gasteiger partial charge in [-0.15, -0.1) is 0 Å². The van der Waals surface area contributed by atoms with E-state index in [4.69, 9.17) is 14.6 Å². The second-order valence-electron chi connectivity index (χ2n) is 6.30. The minimum Gasteiger partial charge on any atom is -0.454 e. The molecule has 0 unspecified atom stereocenters. The predicted molar refractivity (Wildman–Crippen MR) is 107 cm³/mol. The lowest BCUT2D eigenvalue weighted by molar-refractivity contribution is 0.174. The molecule has 9 heteroatoms. The van der Waals surface area contributed by atoms with Crippen molar-refractivity contribution in [1.82, 2.24) is 10.6 Å². The largest absolute Gasteiger partial charge is 0.454 e. The molecular weight excluding hydrogens is 380 g/mol. The van der Waals surface area contributed by atoms with E-state index in [2.05, 4.69) is 15.6 Å². The lowest BCUT2D eigenvalue weighted by Crippen LogP contribution is -2.39. The van der Waals surface area contributed by atoms with Crippen molar-refractivity contribution in [1.29, 1.82) is 0 Å². The van der Waals surface area contributed by atoms with Crippen LogP contribution in [0.3, 0.4) is 0 Å². The summed E-state index contributed by atoms with van der Waals surface area (Å²) < 4.78 is 33.3. The number of nitrogens with two attached hydrogens (primary N) is 1. The van der Waals surface area contributed by atoms with Crippen molar-refractivity contribution in [3.63, 3.8) is 0 Å². The fourth-order valence-corrected chi connectivity index (χ4v) is 3.33. The van der Waals surface area contributed by atoms with E-state index >= 15 is 0 Å². The first-order chi connectivity index (χ1) is 13.5. The summed E-state index contributed by atoms with van der Waals surface area (Å²) in [7, 11) is -1.93. The van der Waals surface area contributed by atoms with Gasteiger partial charge in [0, 0.05) is 20.1 Å². The molecule has 0 amide bonds. The van der Waals surface area contributed by atoms with Gasteiger partial charge in [0.1, 0.15) is 0 Å². The molecule has 150 valence electrons. The molecule has 0 radical (unpaired) electrons. The third-order valence-electron chi connectivity index (χ3n) is 4.32. The first kappa shape index (κ1) is 20.0. The first-order valence-corrected chi connectivity index (χ1v) is 10.4. The van der Waals surface area contributed by atoms with Crippen molar-refractivity contribution in [2.75, 3.05) is 26.9 Å². The molecule has 1 heterocycles. The number of hydrogen-bond donors (Lipinski definition) is 3. The van der Waals surface area contributed by atoms with E-state index in [9.17, 15) is 8.42 Å². The van der Waals surface area contributed by atoms with Crippen LogP contribution in [0.2, 0.25) is 0 Å². The number of fused-ring (bicyclic) bond motifs is 1. The highest BCUT2D eigenvalue weighted by Crippen LogP contribution is 2.32. The number of aliphatic imine (C=N–C) groups is 1. The van der Waals surface area contributed by atoms with Crippen LogP contribution in [0.5, 0.6) is 11.5 Å². The lowest BCUT2D eigenvalue weighted by atomic mass is 10.1. The van der Waals surface area contributed by atoms with E-state index in [1.807, 2.05) is 18.2 Å². The molecular formula is C19H24N4O4S. The van der Waals surface area contributed by atoms with Crippen molar-refractivity contribution in [3.8, 4) is 11.5 Å². The number of rotatable bonds is 7. The second-order valence-corrected chi connectivity index (χ2v) is 7.86. The molecule has 0 saturated carbocycles. The monoisotopic (exact) mass is 404 g/mol. The second kappa shape index (κ2) is 8.94. The molecule has 2 aromatic carbocycles. The lowest BCUT2D eigenvalue weighted by Gasteiger charge is -2.12. The van der Waals surface area contributed by atoms with E-state index in [0.29, 0.717) is 12.5 Å². The standard InChI is InChI=1S/C19H24N4O4S/c1-21-19(22-10-8-14-2-5-16(6-3-14)28(20,24)25)23-11-9-15-4-7-17-18(12-15)27-13-26-17/h2-7,12H,8-11,13H2,1H3,(H2,20,24,25)(H2,21,22,23). The maximum atomic E-state index is 11.3. The van der Waals surface area contributed by atoms with Crippen molar-refractivity contribution >= 4 is 16.0 Å². The van der Waals surface area contributed by atoms with Crippen LogP contribution in [-0.2, 0) is 22.9 Å². The van der Waals surface area contributed by atoms with Crippen LogP contribution in [0.4, 0.5) is 0 Å². The van der Waals surface area contributed by atoms with Crippen LogP contribution >= 0.6 is 0 Å². The molecule has 0 atom stereocenters. The number of sulfonamides is 1. The van der Waals surface area contributed by atoms with Gasteiger partial charge in [-0.3, -0.25) is 4.99 Å². The number of nitrogens with zero attached hydrogens (tertiary/aromatic N) is 1. The van der Waals surface area contributed by atoms with Gasteiger partial charge in [0.25, 0.3) is 0 Å². The Balaban J connectivity index is 1.41. The number of ether oxygens (including phenoxy) is 2. The summed E-state index contributed by atoms with van der Waals surface area (Å²) in [5, 5.41) is 11.6. The average molecular weight is 404 g/mol. The summed E-state index contributed by atoms with van der Waals surface area (Å²) in [6.45, 7) is 1.67. The molecule has 0 aliphatic carbocycles. The molecule has 0 aromatic heterocycles. The fourth-order valence-electron chi connectivity index (χ4n) is 2.81. The molecule has 3 rings (SSSR count). The zero-order chi connectivity index (χ0) is 20.0. The summed E-state index contributed by atoms with van der Waals surface area (Å²) in [6, 6.07) is 12.5. The summed E-state index contributed by atoms with van der Waals surface area (Å²) in [5.41, 5.74) is 2.16. The highest BCUT2D eigenvalue weighted by atomic mass is 32.2. The number of benzene rings is 2. The van der Waals surface area contributed by atoms with Gasteiger partial charge < -0.3 is 20.1 Å². The molecule has 28 heavy (non-hydrogen) atoms. The third kappa shape index (κ3) is 5.37. The van der Waals surface area contributed by atoms with Crippen LogP contribution in [0.25, 0.3) is 0 Å². The van der Waals surface area contributed by atoms with E-state index in [1.54, 1.807) is 19.2 Å². The van der Waals surface area contributed by atoms with Crippen molar-refractivity contribution in [2.24, 2.45) is 10.1 Å². The fraction of sp³-hybridized carbons (Fsp3) is 0.316. The molecule has 4 N–H and O–H groups in total. The van der Waals surface area contributed by atoms with E-state index in [1.165, 1.54) is 12.1 Å². The Morgan fingerprint density at radius 1 is 1.00 bits per heavy atom. The maximum Gasteiger partial charge on any atom is 0.238 e. The summed E-state index contributed by atoms with van der Waals surface area (Å²) >= 11 is 0. The Morgan fingerprint density at radius 3 is 2.25 bits per heavy atom. The molecule has 0 saturated heterocycles. The topological polar surface area (TPSA) is 115 Å². The van der Waals surface area contributed by atoms with E-state index in [-0.39, 0.29) is 11.7 Å². The number of hydrogen-bond acceptors (Lipinski definition) is 5. The first-order valence-electron chi connectivity index (χ1n) is 8.90. The summed E-state index contributed by atoms with van der Waals surface area (Å²) in [5.74, 6) is 2.28. The number of nitrogens with one attached hydrogen (secondary N) is 2. The summed E-state index contributed by atoms with van der Waals surface area (Å²) in [4.78, 5) is 4.32. The van der Waals surface area contributed by atoms with Crippen molar-refractivity contribution < 1.29 is 17.9 Å². The van der Waals surface area contributed by atoms with E-state index in [0.717, 1.165) is 42.0 Å². The molecule has 1 aliphatic heterocycles. The smallest absolute Gasteiger partial charge is 0.238 e.